The van der Waals surface area contributed by atoms with Crippen molar-refractivity contribution >= 4 is 39.7 Å². The predicted octanol–water partition coefficient (Wildman–Crippen LogP) is 10.3. The molecule has 0 saturated heterocycles. The van der Waals surface area contributed by atoms with Crippen LogP contribution in [0.15, 0.2) is 86.8 Å². The quantitative estimate of drug-likeness (QED) is 0.167. The second-order valence-corrected chi connectivity index (χ2v) is 17.0. The normalized spacial score (nSPS) is 24.5. The summed E-state index contributed by atoms with van der Waals surface area (Å²) < 4.78 is 2.10. The number of anilines is 1. The zero-order valence-electron chi connectivity index (χ0n) is 32.5. The van der Waals surface area contributed by atoms with Crippen molar-refractivity contribution in [3.8, 4) is 11.7 Å². The van der Waals surface area contributed by atoms with Gasteiger partial charge in [-0.2, -0.15) is 0 Å². The fourth-order valence-corrected chi connectivity index (χ4v) is 9.37. The Kier molecular flexibility index (Phi) is 14.6. The fourth-order valence-electron chi connectivity index (χ4n) is 6.70. The van der Waals surface area contributed by atoms with Crippen LogP contribution in [0.5, 0.6) is 0 Å². The fraction of sp³-hybridized carbons (Fsp3) is 0.476. The van der Waals surface area contributed by atoms with E-state index in [1.807, 2.05) is 27.7 Å². The van der Waals surface area contributed by atoms with Crippen LogP contribution in [0.2, 0.25) is 0 Å². The van der Waals surface area contributed by atoms with E-state index < -0.39 is 10.0 Å². The van der Waals surface area contributed by atoms with Gasteiger partial charge in [-0.1, -0.05) is 70.9 Å². The van der Waals surface area contributed by atoms with Crippen molar-refractivity contribution in [1.29, 1.82) is 0 Å². The van der Waals surface area contributed by atoms with Gasteiger partial charge in [0.2, 0.25) is 0 Å². The Labute approximate surface area is 301 Å². The van der Waals surface area contributed by atoms with Crippen LogP contribution in [-0.4, -0.2) is 60.6 Å². The van der Waals surface area contributed by atoms with Gasteiger partial charge < -0.3 is 14.3 Å². The number of hydrogen-bond acceptors (Lipinski definition) is 5. The maximum atomic E-state index is 7.57. The largest absolute Gasteiger partial charge is 0.397 e. The van der Waals surface area contributed by atoms with Crippen molar-refractivity contribution < 1.29 is 5.11 Å². The topological polar surface area (TPSA) is 38.7 Å². The van der Waals surface area contributed by atoms with Crippen LogP contribution in [-0.2, 0) is 0 Å². The summed E-state index contributed by atoms with van der Waals surface area (Å²) in [5, 5.41) is 14.8. The molecule has 4 nitrogen and oxygen atoms in total. The number of rotatable bonds is 4. The van der Waals surface area contributed by atoms with Crippen LogP contribution in [0.1, 0.15) is 94.2 Å². The van der Waals surface area contributed by atoms with Gasteiger partial charge in [0, 0.05) is 34.1 Å². The minimum Gasteiger partial charge on any atom is -0.397 e. The van der Waals surface area contributed by atoms with Crippen LogP contribution in [0.3, 0.4) is 0 Å². The standard InChI is InChI=1S/C36H45N3S2.C2H6O.2C2H6/c1-12-41(11)32-19-30-26(24(3)21-35(5,6)37-30)17-28(32)34(23(2)15-13-14-16-38(9)10)29-18-27-25(4)22-36(7,8)39(40)31(27)20-33(29)41;1-2-3;2*1-2/h1,13-15,17-22,30,37,40H,16H2,2-11H3;3H,2H2,1H3;2*1-2H3/b14-13-,23-15+;;;. The van der Waals surface area contributed by atoms with Crippen LogP contribution < -0.4 is 9.62 Å². The third-order valence-electron chi connectivity index (χ3n) is 8.65. The number of aliphatic hydroxyl groups excluding tert-OH is 1. The van der Waals surface area contributed by atoms with Crippen molar-refractivity contribution in [3.05, 3.63) is 93.0 Å². The van der Waals surface area contributed by atoms with Crippen LogP contribution in [0.4, 0.5) is 5.69 Å². The average molecular weight is 690 g/mol. The molecule has 2 unspecified atom stereocenters. The lowest BCUT2D eigenvalue weighted by Crippen LogP contribution is -2.49. The molecule has 0 saturated carbocycles. The molecule has 3 aliphatic heterocycles. The number of allylic oxidation sites excluding steroid dienone is 7. The van der Waals surface area contributed by atoms with E-state index in [4.69, 9.17) is 24.3 Å². The van der Waals surface area contributed by atoms with E-state index >= 15 is 0 Å². The number of likely N-dealkylation sites (N-methyl/N-ethyl adjacent to an activating group) is 1. The first-order valence-corrected chi connectivity index (χ1v) is 19.8. The molecule has 0 spiro atoms. The number of fused-ring (bicyclic) bond motifs is 4. The molecule has 1 aromatic carbocycles. The highest BCUT2D eigenvalue weighted by atomic mass is 32.3. The summed E-state index contributed by atoms with van der Waals surface area (Å²) in [6.45, 7) is 26.4. The number of hydrogen-bond donors (Lipinski definition) is 3. The Morgan fingerprint density at radius 2 is 1.69 bits per heavy atom. The molecular formula is C42H63N3OS2. The third kappa shape index (κ3) is 8.37. The Morgan fingerprint density at radius 3 is 2.25 bits per heavy atom. The highest BCUT2D eigenvalue weighted by molar-refractivity contribution is 8.40. The molecule has 0 amide bonds. The monoisotopic (exact) mass is 689 g/mol. The number of nitrogens with zero attached hydrogens (tertiary/aromatic N) is 2. The van der Waals surface area contributed by atoms with Crippen LogP contribution >= 0.6 is 22.8 Å². The highest BCUT2D eigenvalue weighted by Gasteiger charge is 2.42. The Balaban J connectivity index is 0.00000106. The summed E-state index contributed by atoms with van der Waals surface area (Å²) in [5.74, 6) is 0. The highest BCUT2D eigenvalue weighted by Crippen LogP contribution is 2.69. The van der Waals surface area contributed by atoms with E-state index in [1.165, 1.54) is 54.4 Å². The zero-order chi connectivity index (χ0) is 36.8. The molecule has 0 bridgehead atoms. The minimum absolute atomic E-state index is 0.0876. The molecule has 4 aliphatic rings. The van der Waals surface area contributed by atoms with Gasteiger partial charge in [0.15, 0.2) is 0 Å². The van der Waals surface area contributed by atoms with Gasteiger partial charge in [-0.3, -0.25) is 5.32 Å². The van der Waals surface area contributed by atoms with Crippen molar-refractivity contribution in [2.75, 3.05) is 37.8 Å². The van der Waals surface area contributed by atoms with Crippen molar-refractivity contribution in [3.63, 3.8) is 0 Å². The van der Waals surface area contributed by atoms with E-state index in [-0.39, 0.29) is 23.7 Å². The molecule has 2 atom stereocenters. The minimum atomic E-state index is -1.76. The molecule has 3 heterocycles. The molecule has 1 aliphatic carbocycles. The van der Waals surface area contributed by atoms with Crippen molar-refractivity contribution in [2.45, 2.75) is 105 Å². The second kappa shape index (κ2) is 16.8. The smallest absolute Gasteiger partial charge is 0.0642 e. The van der Waals surface area contributed by atoms with Crippen LogP contribution in [0.25, 0.3) is 11.1 Å². The first-order valence-electron chi connectivity index (χ1n) is 17.4. The molecule has 0 aromatic heterocycles. The van der Waals surface area contributed by atoms with Gasteiger partial charge in [-0.05, 0) is 144 Å². The summed E-state index contributed by atoms with van der Waals surface area (Å²) in [6, 6.07) is 4.86. The number of thiol groups is 1. The Bertz CT molecular complexity index is 1610. The number of aliphatic hydroxyl groups is 1. The van der Waals surface area contributed by atoms with E-state index in [1.54, 1.807) is 6.92 Å². The molecule has 1 aromatic rings. The molecule has 2 N–H and O–H groups in total. The molecule has 48 heavy (non-hydrogen) atoms. The van der Waals surface area contributed by atoms with E-state index in [0.29, 0.717) is 0 Å². The third-order valence-corrected chi connectivity index (χ3v) is 12.3. The molecule has 0 radical (unpaired) electrons. The Morgan fingerprint density at radius 1 is 1.08 bits per heavy atom. The molecule has 264 valence electrons. The predicted molar refractivity (Wildman–Crippen MR) is 221 cm³/mol. The average Bonchev–Trinajstić information content (AvgIpc) is 3.03. The van der Waals surface area contributed by atoms with Gasteiger partial charge in [-0.15, -0.1) is 16.5 Å². The number of nitrogens with one attached hydrogen (secondary N) is 1. The molecule has 0 fully saturated rings. The van der Waals surface area contributed by atoms with E-state index in [0.717, 1.165) is 12.2 Å². The first-order chi connectivity index (χ1) is 22.5. The first kappa shape index (κ1) is 41.5. The summed E-state index contributed by atoms with van der Waals surface area (Å²) >= 11 is 5.00. The summed E-state index contributed by atoms with van der Waals surface area (Å²) in [7, 11) is 2.42. The van der Waals surface area contributed by atoms with Gasteiger partial charge in [0.05, 0.1) is 17.3 Å². The lowest BCUT2D eigenvalue weighted by molar-refractivity contribution is 0.318. The lowest BCUT2D eigenvalue weighted by Gasteiger charge is -2.47. The lowest BCUT2D eigenvalue weighted by atomic mass is 9.80. The van der Waals surface area contributed by atoms with Crippen molar-refractivity contribution in [1.82, 2.24) is 10.2 Å². The van der Waals surface area contributed by atoms with Crippen molar-refractivity contribution in [2.24, 2.45) is 0 Å². The molecule has 5 rings (SSSR count). The van der Waals surface area contributed by atoms with E-state index in [2.05, 4.69) is 143 Å². The van der Waals surface area contributed by atoms with Crippen LogP contribution in [0, 0.1) is 11.7 Å². The van der Waals surface area contributed by atoms with Gasteiger partial charge >= 0.3 is 0 Å². The number of terminal acetylenes is 1. The van der Waals surface area contributed by atoms with Gasteiger partial charge in [0.1, 0.15) is 0 Å². The summed E-state index contributed by atoms with van der Waals surface area (Å²) in [4.78, 5) is 4.70. The van der Waals surface area contributed by atoms with Gasteiger partial charge in [-0.25, -0.2) is 0 Å². The summed E-state index contributed by atoms with van der Waals surface area (Å²) in [6.07, 6.45) is 25.0. The summed E-state index contributed by atoms with van der Waals surface area (Å²) in [5.41, 5.74) is 11.0. The van der Waals surface area contributed by atoms with E-state index in [9.17, 15) is 0 Å². The SMILES string of the molecule is C#CS1(C)C2=CC3NC(C)(C)C=C(C)C3=CC2=C(/C(C)=C/C=C\CN(C)C)c2cc3c(cc21)N(S)C(C)(C)C=C3C.CC.CC.CCO. The molecular weight excluding hydrogens is 627 g/mol. The maximum absolute atomic E-state index is 7.57. The second-order valence-electron chi connectivity index (χ2n) is 13.6. The van der Waals surface area contributed by atoms with Gasteiger partial charge in [0.25, 0.3) is 0 Å². The number of benzene rings is 1. The molecule has 6 heteroatoms. The zero-order valence-corrected chi connectivity index (χ0v) is 34.2. The maximum Gasteiger partial charge on any atom is 0.0642 e. The Hall–Kier alpha value is -2.66.